The van der Waals surface area contributed by atoms with E-state index in [9.17, 15) is 4.79 Å². The van der Waals surface area contributed by atoms with E-state index in [2.05, 4.69) is 30.4 Å². The minimum Gasteiger partial charge on any atom is -0.347 e. The normalized spacial score (nSPS) is 12.2. The molecular weight excluding hydrogens is 212 g/mol. The van der Waals surface area contributed by atoms with Gasteiger partial charge in [-0.3, -0.25) is 4.79 Å². The van der Waals surface area contributed by atoms with E-state index in [-0.39, 0.29) is 11.9 Å². The highest BCUT2D eigenvalue weighted by Gasteiger charge is 2.13. The van der Waals surface area contributed by atoms with E-state index in [4.69, 9.17) is 0 Å². The van der Waals surface area contributed by atoms with Crippen molar-refractivity contribution in [3.63, 3.8) is 0 Å². The van der Waals surface area contributed by atoms with E-state index in [1.54, 1.807) is 19.0 Å². The predicted molar refractivity (Wildman–Crippen MR) is 71.0 cm³/mol. The third kappa shape index (κ3) is 4.19. The van der Waals surface area contributed by atoms with Crippen molar-refractivity contribution in [1.82, 2.24) is 10.2 Å². The maximum atomic E-state index is 11.6. The molecule has 0 aromatic heterocycles. The molecule has 0 fully saturated rings. The molecule has 0 aliphatic carbocycles. The second kappa shape index (κ2) is 6.40. The fraction of sp³-hybridized carbons (Fsp3) is 0.500. The number of likely N-dealkylation sites (N-methyl/N-ethyl adjacent to an activating group) is 1. The Bertz CT molecular complexity index is 374. The first-order valence-electron chi connectivity index (χ1n) is 6.01. The van der Waals surface area contributed by atoms with Crippen molar-refractivity contribution in [3.8, 4) is 0 Å². The van der Waals surface area contributed by atoms with Gasteiger partial charge in [0.1, 0.15) is 0 Å². The van der Waals surface area contributed by atoms with Gasteiger partial charge in [0, 0.05) is 14.1 Å². The molecular formula is C14H22N2O. The van der Waals surface area contributed by atoms with Crippen LogP contribution in [-0.4, -0.2) is 37.5 Å². The Kier molecular flexibility index (Phi) is 5.16. The Morgan fingerprint density at radius 3 is 2.59 bits per heavy atom. The van der Waals surface area contributed by atoms with E-state index < -0.39 is 0 Å². The van der Waals surface area contributed by atoms with Crippen LogP contribution in [0.25, 0.3) is 0 Å². The molecule has 3 nitrogen and oxygen atoms in total. The zero-order chi connectivity index (χ0) is 12.8. The van der Waals surface area contributed by atoms with Crippen molar-refractivity contribution in [2.75, 3.05) is 20.6 Å². The van der Waals surface area contributed by atoms with Crippen LogP contribution in [0, 0.1) is 6.92 Å². The number of hydrogen-bond donors (Lipinski definition) is 1. The zero-order valence-corrected chi connectivity index (χ0v) is 11.2. The number of amides is 1. The largest absolute Gasteiger partial charge is 0.347 e. The van der Waals surface area contributed by atoms with Crippen molar-refractivity contribution >= 4 is 5.91 Å². The first-order chi connectivity index (χ1) is 8.02. The fourth-order valence-electron chi connectivity index (χ4n) is 1.79. The third-order valence-electron chi connectivity index (χ3n) is 2.92. The SMILES string of the molecule is Cc1ccccc1CCNC(C)C(=O)N(C)C. The molecule has 1 aromatic carbocycles. The van der Waals surface area contributed by atoms with Crippen LogP contribution in [0.15, 0.2) is 24.3 Å². The van der Waals surface area contributed by atoms with Crippen LogP contribution in [0.2, 0.25) is 0 Å². The molecule has 0 saturated heterocycles. The zero-order valence-electron chi connectivity index (χ0n) is 11.2. The van der Waals surface area contributed by atoms with Crippen molar-refractivity contribution < 1.29 is 4.79 Å². The summed E-state index contributed by atoms with van der Waals surface area (Å²) in [7, 11) is 3.56. The number of nitrogens with one attached hydrogen (secondary N) is 1. The summed E-state index contributed by atoms with van der Waals surface area (Å²) in [5.74, 6) is 0.120. The summed E-state index contributed by atoms with van der Waals surface area (Å²) >= 11 is 0. The second-order valence-corrected chi connectivity index (χ2v) is 4.58. The van der Waals surface area contributed by atoms with Gasteiger partial charge in [0.2, 0.25) is 5.91 Å². The number of hydrogen-bond acceptors (Lipinski definition) is 2. The summed E-state index contributed by atoms with van der Waals surface area (Å²) in [6.07, 6.45) is 0.956. The molecule has 1 N–H and O–H groups in total. The number of nitrogens with zero attached hydrogens (tertiary/aromatic N) is 1. The molecule has 0 saturated carbocycles. The summed E-state index contributed by atoms with van der Waals surface area (Å²) in [4.78, 5) is 13.2. The monoisotopic (exact) mass is 234 g/mol. The van der Waals surface area contributed by atoms with E-state index in [1.807, 2.05) is 13.0 Å². The van der Waals surface area contributed by atoms with Crippen LogP contribution < -0.4 is 5.32 Å². The van der Waals surface area contributed by atoms with Gasteiger partial charge in [0.05, 0.1) is 6.04 Å². The van der Waals surface area contributed by atoms with Crippen LogP contribution in [0.1, 0.15) is 18.1 Å². The maximum Gasteiger partial charge on any atom is 0.238 e. The summed E-state index contributed by atoms with van der Waals surface area (Å²) < 4.78 is 0. The summed E-state index contributed by atoms with van der Waals surface area (Å²) in [5.41, 5.74) is 2.64. The van der Waals surface area contributed by atoms with Gasteiger partial charge < -0.3 is 10.2 Å². The van der Waals surface area contributed by atoms with Crippen molar-refractivity contribution in [3.05, 3.63) is 35.4 Å². The maximum absolute atomic E-state index is 11.6. The van der Waals surface area contributed by atoms with Crippen molar-refractivity contribution in [1.29, 1.82) is 0 Å². The molecule has 94 valence electrons. The number of carbonyl (C=O) groups excluding carboxylic acids is 1. The van der Waals surface area contributed by atoms with Gasteiger partial charge in [-0.25, -0.2) is 0 Å². The Labute approximate surface area is 104 Å². The molecule has 0 radical (unpaired) electrons. The first kappa shape index (κ1) is 13.7. The Morgan fingerprint density at radius 1 is 1.35 bits per heavy atom. The minimum atomic E-state index is -0.117. The van der Waals surface area contributed by atoms with Gasteiger partial charge in [-0.2, -0.15) is 0 Å². The van der Waals surface area contributed by atoms with E-state index in [1.165, 1.54) is 11.1 Å². The Hall–Kier alpha value is -1.35. The fourth-order valence-corrected chi connectivity index (χ4v) is 1.79. The molecule has 1 atom stereocenters. The Balaban J connectivity index is 2.38. The summed E-state index contributed by atoms with van der Waals surface area (Å²) in [5, 5.41) is 3.25. The molecule has 3 heteroatoms. The lowest BCUT2D eigenvalue weighted by Gasteiger charge is -2.18. The molecule has 17 heavy (non-hydrogen) atoms. The van der Waals surface area contributed by atoms with Gasteiger partial charge >= 0.3 is 0 Å². The molecule has 1 rings (SSSR count). The van der Waals surface area contributed by atoms with Gasteiger partial charge in [-0.05, 0) is 37.9 Å². The molecule has 1 unspecified atom stereocenters. The molecule has 0 spiro atoms. The number of carbonyl (C=O) groups is 1. The third-order valence-corrected chi connectivity index (χ3v) is 2.92. The van der Waals surface area contributed by atoms with Gasteiger partial charge in [-0.1, -0.05) is 24.3 Å². The predicted octanol–water partition coefficient (Wildman–Crippen LogP) is 1.60. The molecule has 1 amide bonds. The average molecular weight is 234 g/mol. The number of rotatable bonds is 5. The molecule has 0 bridgehead atoms. The lowest BCUT2D eigenvalue weighted by Crippen LogP contribution is -2.42. The molecule has 0 heterocycles. The van der Waals surface area contributed by atoms with Gasteiger partial charge in [0.15, 0.2) is 0 Å². The minimum absolute atomic E-state index is 0.117. The van der Waals surface area contributed by atoms with Gasteiger partial charge in [0.25, 0.3) is 0 Å². The molecule has 0 aliphatic rings. The lowest BCUT2D eigenvalue weighted by molar-refractivity contribution is -0.130. The lowest BCUT2D eigenvalue weighted by atomic mass is 10.1. The highest BCUT2D eigenvalue weighted by Crippen LogP contribution is 2.06. The van der Waals surface area contributed by atoms with E-state index in [0.717, 1.165) is 13.0 Å². The standard InChI is InChI=1S/C14H22N2O/c1-11-7-5-6-8-13(11)9-10-15-12(2)14(17)16(3)4/h5-8,12,15H,9-10H2,1-4H3. The summed E-state index contributed by atoms with van der Waals surface area (Å²) in [6.45, 7) is 4.84. The molecule has 1 aromatic rings. The van der Waals surface area contributed by atoms with Gasteiger partial charge in [-0.15, -0.1) is 0 Å². The number of benzene rings is 1. The van der Waals surface area contributed by atoms with E-state index in [0.29, 0.717) is 0 Å². The average Bonchev–Trinajstić information content (AvgIpc) is 2.30. The van der Waals surface area contributed by atoms with Crippen LogP contribution in [0.4, 0.5) is 0 Å². The van der Waals surface area contributed by atoms with Crippen LogP contribution in [0.5, 0.6) is 0 Å². The van der Waals surface area contributed by atoms with Crippen LogP contribution in [0.3, 0.4) is 0 Å². The topological polar surface area (TPSA) is 32.3 Å². The van der Waals surface area contributed by atoms with Crippen LogP contribution in [-0.2, 0) is 11.2 Å². The molecule has 0 aliphatic heterocycles. The highest BCUT2D eigenvalue weighted by atomic mass is 16.2. The number of aryl methyl sites for hydroxylation is 1. The smallest absolute Gasteiger partial charge is 0.238 e. The van der Waals surface area contributed by atoms with E-state index >= 15 is 0 Å². The van der Waals surface area contributed by atoms with Crippen molar-refractivity contribution in [2.45, 2.75) is 26.3 Å². The quantitative estimate of drug-likeness (QED) is 0.839. The highest BCUT2D eigenvalue weighted by molar-refractivity contribution is 5.80. The van der Waals surface area contributed by atoms with Crippen LogP contribution >= 0.6 is 0 Å². The van der Waals surface area contributed by atoms with Crippen molar-refractivity contribution in [2.24, 2.45) is 0 Å². The first-order valence-corrected chi connectivity index (χ1v) is 6.01. The Morgan fingerprint density at radius 2 is 2.00 bits per heavy atom. The second-order valence-electron chi connectivity index (χ2n) is 4.58. The summed E-state index contributed by atoms with van der Waals surface area (Å²) in [6, 6.07) is 8.23.